The molecule has 4 N–H and O–H groups in total. The monoisotopic (exact) mass is 917 g/mol. The van der Waals surface area contributed by atoms with Crippen molar-refractivity contribution in [1.82, 2.24) is 0 Å². The second kappa shape index (κ2) is 19.0. The molecular weight excluding hydrogens is 836 g/mol. The number of carbonyl (C=O) groups is 1. The van der Waals surface area contributed by atoms with Crippen molar-refractivity contribution < 1.29 is 82.1 Å². The number of rotatable bonds is 13. The van der Waals surface area contributed by atoms with Gasteiger partial charge in [0, 0.05) is 77.8 Å². The quantitative estimate of drug-likeness (QED) is 0.203. The zero-order chi connectivity index (χ0) is 46.9. The summed E-state index contributed by atoms with van der Waals surface area (Å²) in [6.45, 7) is 17.5. The summed E-state index contributed by atoms with van der Waals surface area (Å²) in [7, 11) is 6.35. The van der Waals surface area contributed by atoms with Crippen molar-refractivity contribution in [3.8, 4) is 0 Å². The minimum Gasteiger partial charge on any atom is -0.481 e. The van der Waals surface area contributed by atoms with Crippen molar-refractivity contribution in [2.75, 3.05) is 28.4 Å². The first-order chi connectivity index (χ1) is 30.0. The highest BCUT2D eigenvalue weighted by molar-refractivity contribution is 5.68. The lowest BCUT2D eigenvalue weighted by atomic mass is 9.75. The molecule has 0 radical (unpaired) electrons. The zero-order valence-corrected chi connectivity index (χ0v) is 40.4. The van der Waals surface area contributed by atoms with Crippen molar-refractivity contribution in [2.24, 2.45) is 29.6 Å². The predicted molar refractivity (Wildman–Crippen MR) is 228 cm³/mol. The van der Waals surface area contributed by atoms with Crippen LogP contribution in [0.5, 0.6) is 0 Å². The lowest BCUT2D eigenvalue weighted by Gasteiger charge is -2.53. The fraction of sp³-hybridized carbons (Fsp3) is 0.979. The van der Waals surface area contributed by atoms with Crippen molar-refractivity contribution >= 4 is 5.97 Å². The van der Waals surface area contributed by atoms with Crippen LogP contribution in [0, 0.1) is 29.6 Å². The summed E-state index contributed by atoms with van der Waals surface area (Å²) in [6, 6.07) is 0. The van der Waals surface area contributed by atoms with E-state index in [0.29, 0.717) is 38.5 Å². The largest absolute Gasteiger partial charge is 0.481 e. The van der Waals surface area contributed by atoms with Crippen LogP contribution in [-0.2, 0) is 61.6 Å². The normalized spacial score (nSPS) is 54.1. The molecule has 1 spiro atoms. The minimum atomic E-state index is -2.03. The van der Waals surface area contributed by atoms with Gasteiger partial charge < -0.3 is 77.3 Å². The fourth-order valence-corrected chi connectivity index (χ4v) is 12.6. The van der Waals surface area contributed by atoms with E-state index in [4.69, 9.17) is 56.8 Å². The minimum absolute atomic E-state index is 0.0464. The summed E-state index contributed by atoms with van der Waals surface area (Å²) in [5.74, 6) is -7.22. The molecule has 0 aromatic heterocycles. The highest BCUT2D eigenvalue weighted by Crippen LogP contribution is 2.55. The van der Waals surface area contributed by atoms with Crippen LogP contribution in [0.1, 0.15) is 120 Å². The van der Waals surface area contributed by atoms with Crippen LogP contribution >= 0.6 is 0 Å². The third kappa shape index (κ3) is 9.46. The number of aliphatic carboxylic acids is 1. The van der Waals surface area contributed by atoms with Crippen molar-refractivity contribution in [3.63, 3.8) is 0 Å². The van der Waals surface area contributed by atoms with Gasteiger partial charge in [-0.15, -0.1) is 0 Å². The van der Waals surface area contributed by atoms with E-state index in [9.17, 15) is 25.2 Å². The Morgan fingerprint density at radius 1 is 0.766 bits per heavy atom. The first kappa shape index (κ1) is 50.7. The van der Waals surface area contributed by atoms with Crippen LogP contribution in [0.3, 0.4) is 0 Å². The molecule has 370 valence electrons. The lowest BCUT2D eigenvalue weighted by Crippen LogP contribution is -2.65. The Morgan fingerprint density at radius 3 is 2.09 bits per heavy atom. The second-order valence-corrected chi connectivity index (χ2v) is 21.3. The Morgan fingerprint density at radius 2 is 1.45 bits per heavy atom. The molecule has 0 aliphatic carbocycles. The number of aliphatic hydroxyl groups excluding tert-OH is 1. The first-order valence-corrected chi connectivity index (χ1v) is 23.8. The SMILES string of the molecule is CO[C@@H]1[C@@H](OC)[C@H](C)[C@@](O)(CC(=O)O)O[C@H]1[C@H](C)[C@H]1O[C@@]2(CC[C@@](C)([C@H]3CC[C@@](C)([C@@H]4O[C@@H]([C@H]5O[C@](C)(O)[C@H](C)C[C@@H]5C)C[C@@H]4O[C@H]4O[C@@H](C)C[C@H](OC)[C@@H]4OC)O3)O2)C[C@H](O)[C@H]1C. The molecule has 7 saturated heterocycles. The molecule has 7 aliphatic heterocycles. The average molecular weight is 917 g/mol. The standard InChI is InChI=1S/C47H80O17/c1-23-18-24(2)45(9,51)61-35(23)31-20-32(59-42-39(55-12)30(53-10)19-25(3)57-42)41(58-31)44(8)15-14-33(60-44)43(7)16-17-46(64-43)21-29(48)26(4)36(62-46)27(5)37-40(56-13)38(54-11)28(6)47(52,63-37)22-34(49)50/h23-33,35-42,48,51-52H,14-22H2,1-13H3,(H,49,50)/t23-,24+,25-,26+,27+,28-,29-,30-,31+,32-,33+,35-,36-,37-,38-,39-,40-,41+,42+,43-,44-,45-,46+,47+/m0/s1. The number of carboxylic acid groups (broad SMARTS) is 1. The Labute approximate surface area is 379 Å². The van der Waals surface area contributed by atoms with Crippen LogP contribution in [-0.4, -0.2) is 169 Å². The summed E-state index contributed by atoms with van der Waals surface area (Å²) in [4.78, 5) is 11.9. The molecule has 0 amide bonds. The van der Waals surface area contributed by atoms with Crippen LogP contribution < -0.4 is 0 Å². The van der Waals surface area contributed by atoms with Crippen LogP contribution in [0.15, 0.2) is 0 Å². The number of ether oxygens (including phenoxy) is 12. The van der Waals surface area contributed by atoms with E-state index in [1.807, 2.05) is 34.6 Å². The Balaban J connectivity index is 1.10. The van der Waals surface area contributed by atoms with Gasteiger partial charge in [-0.05, 0) is 59.3 Å². The maximum atomic E-state index is 11.9. The van der Waals surface area contributed by atoms with Gasteiger partial charge >= 0.3 is 5.97 Å². The molecule has 0 bridgehead atoms. The summed E-state index contributed by atoms with van der Waals surface area (Å²) in [5.41, 5.74) is -1.63. The molecule has 17 heteroatoms. The van der Waals surface area contributed by atoms with E-state index < -0.39 is 114 Å². The van der Waals surface area contributed by atoms with Crippen molar-refractivity contribution in [1.29, 1.82) is 0 Å². The van der Waals surface area contributed by atoms with Gasteiger partial charge in [0.15, 0.2) is 23.7 Å². The molecule has 64 heavy (non-hydrogen) atoms. The highest BCUT2D eigenvalue weighted by Gasteiger charge is 2.64. The maximum Gasteiger partial charge on any atom is 0.308 e. The summed E-state index contributed by atoms with van der Waals surface area (Å²) >= 11 is 0. The molecule has 7 heterocycles. The number of hydrogen-bond acceptors (Lipinski definition) is 16. The molecule has 0 aromatic rings. The van der Waals surface area contributed by atoms with Crippen LogP contribution in [0.4, 0.5) is 0 Å². The molecule has 0 aromatic carbocycles. The molecule has 7 rings (SSSR count). The van der Waals surface area contributed by atoms with Gasteiger partial charge in [-0.2, -0.15) is 0 Å². The van der Waals surface area contributed by atoms with E-state index >= 15 is 0 Å². The Kier molecular flexibility index (Phi) is 15.1. The van der Waals surface area contributed by atoms with Gasteiger partial charge in [0.1, 0.15) is 18.3 Å². The first-order valence-electron chi connectivity index (χ1n) is 23.8. The van der Waals surface area contributed by atoms with E-state index in [2.05, 4.69) is 13.8 Å². The predicted octanol–water partition coefficient (Wildman–Crippen LogP) is 4.32. The molecule has 7 fully saturated rings. The summed E-state index contributed by atoms with van der Waals surface area (Å²) < 4.78 is 77.9. The Hall–Kier alpha value is -1.13. The molecule has 24 atom stereocenters. The number of carboxylic acids is 1. The topological polar surface area (TPSA) is 209 Å². The van der Waals surface area contributed by atoms with E-state index in [0.717, 1.165) is 6.42 Å². The summed E-state index contributed by atoms with van der Waals surface area (Å²) in [6.07, 6.45) is -3.41. The van der Waals surface area contributed by atoms with Crippen LogP contribution in [0.25, 0.3) is 0 Å². The average Bonchev–Trinajstić information content (AvgIpc) is 3.94. The van der Waals surface area contributed by atoms with Gasteiger partial charge in [-0.25, -0.2) is 0 Å². The molecule has 0 saturated carbocycles. The van der Waals surface area contributed by atoms with Gasteiger partial charge in [-0.1, -0.05) is 34.6 Å². The highest BCUT2D eigenvalue weighted by atomic mass is 16.7. The number of aliphatic hydroxyl groups is 3. The number of methoxy groups -OCH3 is 4. The molecular formula is C47H80O17. The van der Waals surface area contributed by atoms with Gasteiger partial charge in [0.05, 0.1) is 78.7 Å². The van der Waals surface area contributed by atoms with Crippen molar-refractivity contribution in [2.45, 2.75) is 234 Å². The lowest BCUT2D eigenvalue weighted by molar-refractivity contribution is -0.365. The molecule has 7 aliphatic rings. The second-order valence-electron chi connectivity index (χ2n) is 21.3. The van der Waals surface area contributed by atoms with Gasteiger partial charge in [-0.3, -0.25) is 4.79 Å². The third-order valence-corrected chi connectivity index (χ3v) is 16.7. The van der Waals surface area contributed by atoms with Crippen molar-refractivity contribution in [3.05, 3.63) is 0 Å². The Bertz CT molecular complexity index is 1600. The van der Waals surface area contributed by atoms with Gasteiger partial charge in [0.25, 0.3) is 0 Å². The van der Waals surface area contributed by atoms with Gasteiger partial charge in [0.2, 0.25) is 0 Å². The van der Waals surface area contributed by atoms with E-state index in [-0.39, 0.29) is 48.6 Å². The van der Waals surface area contributed by atoms with Crippen LogP contribution in [0.2, 0.25) is 0 Å². The maximum absolute atomic E-state index is 11.9. The van der Waals surface area contributed by atoms with E-state index in [1.54, 1.807) is 28.1 Å². The zero-order valence-electron chi connectivity index (χ0n) is 40.4. The summed E-state index contributed by atoms with van der Waals surface area (Å²) in [5, 5.41) is 44.4. The molecule has 17 nitrogen and oxygen atoms in total. The third-order valence-electron chi connectivity index (χ3n) is 16.7. The number of hydrogen-bond donors (Lipinski definition) is 4. The fourth-order valence-electron chi connectivity index (χ4n) is 12.6. The van der Waals surface area contributed by atoms with E-state index in [1.165, 1.54) is 14.2 Å². The molecule has 0 unspecified atom stereocenters. The smallest absolute Gasteiger partial charge is 0.308 e.